The Kier molecular flexibility index (Phi) is 4.26. The Morgan fingerprint density at radius 3 is 2.80 bits per heavy atom. The second-order valence-electron chi connectivity index (χ2n) is 4.79. The Bertz CT molecular complexity index is 656. The molecule has 1 atom stereocenters. The highest BCUT2D eigenvalue weighted by atomic mass is 35.5. The lowest BCUT2D eigenvalue weighted by atomic mass is 10.3. The number of aromatic nitrogens is 3. The molecule has 2 rings (SSSR count). The van der Waals surface area contributed by atoms with Gasteiger partial charge in [0.05, 0.1) is 17.3 Å². The van der Waals surface area contributed by atoms with Crippen molar-refractivity contribution in [3.05, 3.63) is 40.3 Å². The number of hydrogen-bond donors (Lipinski definition) is 1. The minimum Gasteiger partial charge on any atom is -0.366 e. The largest absolute Gasteiger partial charge is 0.366 e. The number of nitrogens with one attached hydrogen (secondary N) is 1. The van der Waals surface area contributed by atoms with Crippen LogP contribution < -0.4 is 5.32 Å². The second kappa shape index (κ2) is 5.93. The molecule has 0 fully saturated rings. The van der Waals surface area contributed by atoms with Crippen molar-refractivity contribution in [3.63, 3.8) is 0 Å². The molecule has 20 heavy (non-hydrogen) atoms. The fourth-order valence-corrected chi connectivity index (χ4v) is 2.17. The summed E-state index contributed by atoms with van der Waals surface area (Å²) in [6, 6.07) is 7.58. The molecule has 0 aliphatic carbocycles. The predicted molar refractivity (Wildman–Crippen MR) is 78.7 cm³/mol. The maximum Gasteiger partial charge on any atom is 0.161 e. The van der Waals surface area contributed by atoms with Gasteiger partial charge in [0.1, 0.15) is 11.9 Å². The summed E-state index contributed by atoms with van der Waals surface area (Å²) in [7, 11) is 0. The van der Waals surface area contributed by atoms with E-state index in [-0.39, 0.29) is 11.7 Å². The molecule has 0 radical (unpaired) electrons. The smallest absolute Gasteiger partial charge is 0.161 e. The average molecular weight is 290 g/mol. The average Bonchev–Trinajstić information content (AvgIpc) is 2.70. The number of halogens is 1. The number of pyridine rings is 1. The zero-order valence-electron chi connectivity index (χ0n) is 11.7. The highest BCUT2D eigenvalue weighted by molar-refractivity contribution is 6.31. The quantitative estimate of drug-likeness (QED) is 0.940. The Labute approximate surface area is 123 Å². The molecule has 5 nitrogen and oxygen atoms in total. The molecule has 2 aromatic heterocycles. The van der Waals surface area contributed by atoms with Crippen LogP contribution in [0.1, 0.15) is 24.0 Å². The van der Waals surface area contributed by atoms with Gasteiger partial charge in [0.25, 0.3) is 0 Å². The third-order valence-electron chi connectivity index (χ3n) is 2.90. The fraction of sp³-hybridized carbons (Fsp3) is 0.357. The summed E-state index contributed by atoms with van der Waals surface area (Å²) in [6.45, 7) is 6.77. The molecule has 0 amide bonds. The van der Waals surface area contributed by atoms with Gasteiger partial charge >= 0.3 is 0 Å². The van der Waals surface area contributed by atoms with Gasteiger partial charge in [0, 0.05) is 11.7 Å². The number of hydrogen-bond acceptors (Lipinski definition) is 4. The van der Waals surface area contributed by atoms with E-state index in [1.807, 2.05) is 37.6 Å². The monoisotopic (exact) mass is 289 g/mol. The highest BCUT2D eigenvalue weighted by Gasteiger charge is 2.09. The SMILES string of the molecule is Cc1cc(C)n(C[C@@H](C)Nc2ccc(Cl)c(C#N)n2)n1. The normalized spacial score (nSPS) is 11.9. The van der Waals surface area contributed by atoms with E-state index in [4.69, 9.17) is 16.9 Å². The Balaban J connectivity index is 2.07. The zero-order chi connectivity index (χ0) is 14.7. The first kappa shape index (κ1) is 14.4. The molecule has 0 saturated heterocycles. The van der Waals surface area contributed by atoms with Crippen LogP contribution in [-0.4, -0.2) is 20.8 Å². The number of rotatable bonds is 4. The van der Waals surface area contributed by atoms with Gasteiger partial charge in [-0.25, -0.2) is 4.98 Å². The van der Waals surface area contributed by atoms with Gasteiger partial charge in [-0.2, -0.15) is 10.4 Å². The topological polar surface area (TPSA) is 66.5 Å². The van der Waals surface area contributed by atoms with Gasteiger partial charge in [0.2, 0.25) is 0 Å². The van der Waals surface area contributed by atoms with Crippen LogP contribution in [0.25, 0.3) is 0 Å². The van der Waals surface area contributed by atoms with Crippen molar-refractivity contribution in [2.45, 2.75) is 33.4 Å². The fourth-order valence-electron chi connectivity index (χ4n) is 2.02. The molecular formula is C14H16ClN5. The standard InChI is InChI=1S/C14H16ClN5/c1-9-6-11(3)20(19-9)8-10(2)17-14-5-4-12(15)13(7-16)18-14/h4-6,10H,8H2,1-3H3,(H,17,18)/t10-/m1/s1. The molecule has 104 valence electrons. The van der Waals surface area contributed by atoms with E-state index in [9.17, 15) is 0 Å². The molecule has 2 aromatic rings. The molecule has 0 aliphatic heterocycles. The van der Waals surface area contributed by atoms with Gasteiger partial charge in [-0.3, -0.25) is 4.68 Å². The lowest BCUT2D eigenvalue weighted by Gasteiger charge is -2.15. The van der Waals surface area contributed by atoms with Crippen LogP contribution in [0.4, 0.5) is 5.82 Å². The number of anilines is 1. The molecule has 0 unspecified atom stereocenters. The van der Waals surface area contributed by atoms with Gasteiger partial charge in [-0.05, 0) is 39.0 Å². The molecule has 0 bridgehead atoms. The summed E-state index contributed by atoms with van der Waals surface area (Å²) in [6.07, 6.45) is 0. The first-order valence-electron chi connectivity index (χ1n) is 6.34. The minimum absolute atomic E-state index is 0.133. The van der Waals surface area contributed by atoms with Crippen molar-refractivity contribution in [1.82, 2.24) is 14.8 Å². The maximum absolute atomic E-state index is 8.91. The van der Waals surface area contributed by atoms with Crippen LogP contribution in [-0.2, 0) is 6.54 Å². The second-order valence-corrected chi connectivity index (χ2v) is 5.20. The van der Waals surface area contributed by atoms with Crippen LogP contribution in [0.15, 0.2) is 18.2 Å². The van der Waals surface area contributed by atoms with Crippen LogP contribution in [0, 0.1) is 25.2 Å². The van der Waals surface area contributed by atoms with E-state index in [0.717, 1.165) is 17.9 Å². The van der Waals surface area contributed by atoms with E-state index in [1.165, 1.54) is 0 Å². The summed E-state index contributed by atoms with van der Waals surface area (Å²) in [5.74, 6) is 0.639. The summed E-state index contributed by atoms with van der Waals surface area (Å²) in [4.78, 5) is 4.17. The number of nitrogens with zero attached hydrogens (tertiary/aromatic N) is 4. The van der Waals surface area contributed by atoms with Gasteiger partial charge in [-0.1, -0.05) is 11.6 Å². The Morgan fingerprint density at radius 1 is 1.45 bits per heavy atom. The van der Waals surface area contributed by atoms with Gasteiger partial charge in [-0.15, -0.1) is 0 Å². The summed E-state index contributed by atoms with van der Waals surface area (Å²) < 4.78 is 1.95. The van der Waals surface area contributed by atoms with E-state index in [0.29, 0.717) is 10.8 Å². The molecule has 0 aromatic carbocycles. The van der Waals surface area contributed by atoms with E-state index in [1.54, 1.807) is 12.1 Å². The molecule has 1 N–H and O–H groups in total. The van der Waals surface area contributed by atoms with Crippen molar-refractivity contribution >= 4 is 17.4 Å². The predicted octanol–water partition coefficient (Wildman–Crippen LogP) is 2.92. The van der Waals surface area contributed by atoms with Crippen molar-refractivity contribution in [1.29, 1.82) is 5.26 Å². The Hall–Kier alpha value is -2.06. The molecule has 2 heterocycles. The third kappa shape index (κ3) is 3.28. The molecule has 0 saturated carbocycles. The van der Waals surface area contributed by atoms with Gasteiger partial charge < -0.3 is 5.32 Å². The van der Waals surface area contributed by atoms with Crippen molar-refractivity contribution in [2.75, 3.05) is 5.32 Å². The first-order chi connectivity index (χ1) is 9.49. The third-order valence-corrected chi connectivity index (χ3v) is 3.20. The Morgan fingerprint density at radius 2 is 2.20 bits per heavy atom. The lowest BCUT2D eigenvalue weighted by molar-refractivity contribution is 0.544. The van der Waals surface area contributed by atoms with Gasteiger partial charge in [0.15, 0.2) is 5.69 Å². The highest BCUT2D eigenvalue weighted by Crippen LogP contribution is 2.16. The zero-order valence-corrected chi connectivity index (χ0v) is 12.4. The van der Waals surface area contributed by atoms with E-state index >= 15 is 0 Å². The molecule has 0 spiro atoms. The van der Waals surface area contributed by atoms with Crippen LogP contribution in [0.3, 0.4) is 0 Å². The summed E-state index contributed by atoms with van der Waals surface area (Å²) in [5, 5.41) is 16.9. The van der Waals surface area contributed by atoms with E-state index < -0.39 is 0 Å². The van der Waals surface area contributed by atoms with E-state index in [2.05, 4.69) is 15.4 Å². The minimum atomic E-state index is 0.133. The van der Waals surface area contributed by atoms with Crippen molar-refractivity contribution in [2.24, 2.45) is 0 Å². The molecule has 6 heteroatoms. The summed E-state index contributed by atoms with van der Waals surface area (Å²) >= 11 is 5.86. The van der Waals surface area contributed by atoms with Crippen molar-refractivity contribution < 1.29 is 0 Å². The van der Waals surface area contributed by atoms with Crippen LogP contribution >= 0.6 is 11.6 Å². The van der Waals surface area contributed by atoms with Crippen LogP contribution in [0.5, 0.6) is 0 Å². The first-order valence-corrected chi connectivity index (χ1v) is 6.71. The number of aryl methyl sites for hydroxylation is 2. The number of nitriles is 1. The van der Waals surface area contributed by atoms with Crippen LogP contribution in [0.2, 0.25) is 5.02 Å². The van der Waals surface area contributed by atoms with Crippen molar-refractivity contribution in [3.8, 4) is 6.07 Å². The molecular weight excluding hydrogens is 274 g/mol. The molecule has 0 aliphatic rings. The maximum atomic E-state index is 8.91. The lowest BCUT2D eigenvalue weighted by Crippen LogP contribution is -2.24. The summed E-state index contributed by atoms with van der Waals surface area (Å²) in [5.41, 5.74) is 2.36.